The summed E-state index contributed by atoms with van der Waals surface area (Å²) >= 11 is 0. The molecule has 3 aromatic rings. The molecule has 1 aromatic heterocycles. The first-order chi connectivity index (χ1) is 11.7. The number of carbonyl (C=O) groups excluding carboxylic acids is 1. The number of hydrogen-bond acceptors (Lipinski definition) is 3. The molecule has 2 aromatic carbocycles. The van der Waals surface area contributed by atoms with E-state index in [-0.39, 0.29) is 11.9 Å². The third-order valence-electron chi connectivity index (χ3n) is 4.44. The van der Waals surface area contributed by atoms with Gasteiger partial charge in [0.25, 0.3) is 5.91 Å². The van der Waals surface area contributed by atoms with Gasteiger partial charge in [-0.05, 0) is 31.7 Å². The van der Waals surface area contributed by atoms with Crippen LogP contribution in [0.15, 0.2) is 42.5 Å². The highest BCUT2D eigenvalue weighted by molar-refractivity contribution is 6.06. The first-order valence-corrected chi connectivity index (χ1v) is 8.21. The van der Waals surface area contributed by atoms with Gasteiger partial charge < -0.3 is 15.2 Å². The van der Waals surface area contributed by atoms with Gasteiger partial charge in [0.2, 0.25) is 0 Å². The summed E-state index contributed by atoms with van der Waals surface area (Å²) in [5, 5.41) is 6.20. The first-order valence-electron chi connectivity index (χ1n) is 8.21. The number of rotatable bonds is 3. The zero-order valence-corrected chi connectivity index (χ0v) is 13.8. The summed E-state index contributed by atoms with van der Waals surface area (Å²) in [6.45, 7) is 3.58. The predicted molar refractivity (Wildman–Crippen MR) is 94.9 cm³/mol. The number of amides is 1. The van der Waals surface area contributed by atoms with E-state index in [2.05, 4.69) is 39.5 Å². The van der Waals surface area contributed by atoms with Crippen molar-refractivity contribution >= 4 is 16.9 Å². The number of para-hydroxylation sites is 1. The maximum absolute atomic E-state index is 12.4. The van der Waals surface area contributed by atoms with Gasteiger partial charge in [-0.15, -0.1) is 0 Å². The van der Waals surface area contributed by atoms with Gasteiger partial charge >= 0.3 is 0 Å². The molecule has 2 N–H and O–H groups in total. The molecule has 0 spiro atoms. The fourth-order valence-corrected chi connectivity index (χ4v) is 3.36. The average Bonchev–Trinajstić information content (AvgIpc) is 2.87. The third-order valence-corrected chi connectivity index (χ3v) is 4.44. The highest BCUT2D eigenvalue weighted by atomic mass is 16.1. The summed E-state index contributed by atoms with van der Waals surface area (Å²) in [5.41, 5.74) is 4.79. The van der Waals surface area contributed by atoms with Crippen molar-refractivity contribution in [2.45, 2.75) is 26.1 Å². The average molecular weight is 320 g/mol. The Hall–Kier alpha value is -2.66. The molecule has 1 aliphatic heterocycles. The molecular weight excluding hydrogens is 300 g/mol. The SMILES string of the molecule is CNCc1ccc(-c2nc3cccc4c3n2C[C@H](C)NC4=O)cc1. The fraction of sp³-hybridized carbons (Fsp3) is 0.263. The molecule has 0 bridgehead atoms. The second kappa shape index (κ2) is 5.76. The Morgan fingerprint density at radius 2 is 2.04 bits per heavy atom. The molecule has 0 radical (unpaired) electrons. The standard InChI is InChI=1S/C19H20N4O/c1-12-11-23-17-15(19(24)21-12)4-3-5-16(17)22-18(23)14-8-6-13(7-9-14)10-20-2/h3-9,12,20H,10-11H2,1-2H3,(H,21,24)/t12-/m0/s1. The number of nitrogens with zero attached hydrogens (tertiary/aromatic N) is 2. The minimum absolute atomic E-state index is 0.0253. The van der Waals surface area contributed by atoms with Gasteiger partial charge in [0.1, 0.15) is 5.82 Å². The fourth-order valence-electron chi connectivity index (χ4n) is 3.36. The molecule has 5 nitrogen and oxygen atoms in total. The largest absolute Gasteiger partial charge is 0.348 e. The van der Waals surface area contributed by atoms with E-state index in [1.165, 1.54) is 5.56 Å². The number of nitrogens with one attached hydrogen (secondary N) is 2. The molecule has 0 aliphatic carbocycles. The van der Waals surface area contributed by atoms with Crippen molar-refractivity contribution in [1.82, 2.24) is 20.2 Å². The molecule has 0 unspecified atom stereocenters. The summed E-state index contributed by atoms with van der Waals surface area (Å²) in [6.07, 6.45) is 0. The maximum atomic E-state index is 12.4. The van der Waals surface area contributed by atoms with Crippen LogP contribution in [0.2, 0.25) is 0 Å². The van der Waals surface area contributed by atoms with Crippen LogP contribution in [-0.4, -0.2) is 28.5 Å². The number of imidazole rings is 1. The van der Waals surface area contributed by atoms with Crippen molar-refractivity contribution in [2.24, 2.45) is 0 Å². The van der Waals surface area contributed by atoms with E-state index in [1.54, 1.807) is 0 Å². The van der Waals surface area contributed by atoms with Crippen LogP contribution in [0.4, 0.5) is 0 Å². The Morgan fingerprint density at radius 1 is 1.25 bits per heavy atom. The van der Waals surface area contributed by atoms with Crippen LogP contribution in [-0.2, 0) is 13.1 Å². The normalized spacial score (nSPS) is 16.9. The molecule has 5 heteroatoms. The van der Waals surface area contributed by atoms with Gasteiger partial charge in [-0.1, -0.05) is 30.3 Å². The van der Waals surface area contributed by atoms with Gasteiger partial charge in [0, 0.05) is 24.7 Å². The van der Waals surface area contributed by atoms with Crippen LogP contribution < -0.4 is 10.6 Å². The molecule has 24 heavy (non-hydrogen) atoms. The van der Waals surface area contributed by atoms with Crippen molar-refractivity contribution in [3.63, 3.8) is 0 Å². The molecule has 0 saturated heterocycles. The number of benzene rings is 2. The summed E-state index contributed by atoms with van der Waals surface area (Å²) < 4.78 is 2.17. The predicted octanol–water partition coefficient (Wildman–Crippen LogP) is 2.55. The van der Waals surface area contributed by atoms with Crippen LogP contribution >= 0.6 is 0 Å². The topological polar surface area (TPSA) is 59.0 Å². The summed E-state index contributed by atoms with van der Waals surface area (Å²) in [6, 6.07) is 14.2. The quantitative estimate of drug-likeness (QED) is 0.780. The Morgan fingerprint density at radius 3 is 2.79 bits per heavy atom. The molecule has 1 atom stereocenters. The van der Waals surface area contributed by atoms with Gasteiger partial charge in [-0.25, -0.2) is 4.98 Å². The monoisotopic (exact) mass is 320 g/mol. The zero-order valence-electron chi connectivity index (χ0n) is 13.8. The van der Waals surface area contributed by atoms with Crippen LogP contribution in [0, 0.1) is 0 Å². The van der Waals surface area contributed by atoms with E-state index < -0.39 is 0 Å². The van der Waals surface area contributed by atoms with E-state index in [9.17, 15) is 4.79 Å². The van der Waals surface area contributed by atoms with E-state index in [1.807, 2.05) is 32.2 Å². The number of hydrogen-bond donors (Lipinski definition) is 2. The molecule has 1 aliphatic rings. The lowest BCUT2D eigenvalue weighted by molar-refractivity contribution is 0.0942. The molecule has 1 amide bonds. The van der Waals surface area contributed by atoms with Gasteiger partial charge in [-0.3, -0.25) is 4.79 Å². The van der Waals surface area contributed by atoms with E-state index in [4.69, 9.17) is 4.98 Å². The Labute approximate surface area is 140 Å². The van der Waals surface area contributed by atoms with Crippen molar-refractivity contribution in [3.8, 4) is 11.4 Å². The Balaban J connectivity index is 1.90. The minimum Gasteiger partial charge on any atom is -0.348 e. The molecule has 0 fully saturated rings. The Bertz CT molecular complexity index is 911. The van der Waals surface area contributed by atoms with Crippen LogP contribution in [0.25, 0.3) is 22.4 Å². The summed E-state index contributed by atoms with van der Waals surface area (Å²) in [4.78, 5) is 17.2. The first kappa shape index (κ1) is 14.9. The number of carbonyl (C=O) groups is 1. The molecule has 0 saturated carbocycles. The van der Waals surface area contributed by atoms with Crippen LogP contribution in [0.5, 0.6) is 0 Å². The van der Waals surface area contributed by atoms with E-state index in [0.29, 0.717) is 12.1 Å². The van der Waals surface area contributed by atoms with Crippen molar-refractivity contribution in [3.05, 3.63) is 53.6 Å². The molecular formula is C19H20N4O. The van der Waals surface area contributed by atoms with Crippen LogP contribution in [0.1, 0.15) is 22.8 Å². The minimum atomic E-state index is -0.0253. The molecule has 2 heterocycles. The second-order valence-corrected chi connectivity index (χ2v) is 6.32. The van der Waals surface area contributed by atoms with E-state index in [0.717, 1.165) is 29.0 Å². The highest BCUT2D eigenvalue weighted by Gasteiger charge is 2.24. The lowest BCUT2D eigenvalue weighted by Crippen LogP contribution is -2.33. The lowest BCUT2D eigenvalue weighted by atomic mass is 10.1. The van der Waals surface area contributed by atoms with Crippen LogP contribution in [0.3, 0.4) is 0 Å². The van der Waals surface area contributed by atoms with Crippen molar-refractivity contribution in [2.75, 3.05) is 7.05 Å². The van der Waals surface area contributed by atoms with Gasteiger partial charge in [0.15, 0.2) is 0 Å². The number of aromatic nitrogens is 2. The van der Waals surface area contributed by atoms with Gasteiger partial charge in [-0.2, -0.15) is 0 Å². The molecule has 4 rings (SSSR count). The third kappa shape index (κ3) is 2.37. The van der Waals surface area contributed by atoms with Crippen molar-refractivity contribution < 1.29 is 4.79 Å². The van der Waals surface area contributed by atoms with Crippen molar-refractivity contribution in [1.29, 1.82) is 0 Å². The second-order valence-electron chi connectivity index (χ2n) is 6.32. The summed E-state index contributed by atoms with van der Waals surface area (Å²) in [7, 11) is 1.94. The van der Waals surface area contributed by atoms with Gasteiger partial charge in [0.05, 0.1) is 16.6 Å². The van der Waals surface area contributed by atoms with E-state index >= 15 is 0 Å². The Kier molecular flexibility index (Phi) is 3.58. The lowest BCUT2D eigenvalue weighted by Gasteiger charge is -2.13. The maximum Gasteiger partial charge on any atom is 0.253 e. The molecule has 122 valence electrons. The highest BCUT2D eigenvalue weighted by Crippen LogP contribution is 2.29. The smallest absolute Gasteiger partial charge is 0.253 e. The summed E-state index contributed by atoms with van der Waals surface area (Å²) in [5.74, 6) is 0.888. The zero-order chi connectivity index (χ0) is 16.7.